The molecule has 7 nitrogen and oxygen atoms in total. The van der Waals surface area contributed by atoms with E-state index in [1.165, 1.54) is 7.11 Å². The van der Waals surface area contributed by atoms with Crippen LogP contribution in [0.4, 0.5) is 0 Å². The molecule has 1 aromatic carbocycles. The molecule has 8 heteroatoms. The molecule has 0 unspecified atom stereocenters. The molecule has 0 atom stereocenters. The van der Waals surface area contributed by atoms with Crippen molar-refractivity contribution in [2.24, 2.45) is 0 Å². The minimum absolute atomic E-state index is 0.244. The minimum atomic E-state index is -0.245. The molecule has 2 N–H and O–H groups in total. The zero-order valence-electron chi connectivity index (χ0n) is 13.0. The van der Waals surface area contributed by atoms with E-state index in [9.17, 15) is 4.79 Å². The van der Waals surface area contributed by atoms with Crippen LogP contribution in [0.3, 0.4) is 0 Å². The van der Waals surface area contributed by atoms with Crippen LogP contribution in [0.1, 0.15) is 16.2 Å². The second-order valence-electron chi connectivity index (χ2n) is 4.60. The highest BCUT2D eigenvalue weighted by Gasteiger charge is 2.12. The van der Waals surface area contributed by atoms with Crippen molar-refractivity contribution in [1.29, 1.82) is 0 Å². The molecule has 0 fully saturated rings. The highest BCUT2D eigenvalue weighted by molar-refractivity contribution is 7.71. The number of aromatic nitrogens is 3. The van der Waals surface area contributed by atoms with E-state index < -0.39 is 0 Å². The number of hydrogen-bond acceptors (Lipinski definition) is 5. The molecule has 0 aliphatic rings. The van der Waals surface area contributed by atoms with Crippen molar-refractivity contribution in [3.05, 3.63) is 47.0 Å². The normalized spacial score (nSPS) is 10.2. The van der Waals surface area contributed by atoms with Gasteiger partial charge < -0.3 is 14.8 Å². The van der Waals surface area contributed by atoms with Crippen molar-refractivity contribution in [2.45, 2.75) is 13.1 Å². The Labute approximate surface area is 138 Å². The monoisotopic (exact) mass is 334 g/mol. The number of carbonyl (C=O) groups is 1. The van der Waals surface area contributed by atoms with Gasteiger partial charge >= 0.3 is 0 Å². The van der Waals surface area contributed by atoms with Gasteiger partial charge in [0.25, 0.3) is 5.91 Å². The number of carbonyl (C=O) groups excluding carboxylic acids is 1. The zero-order valence-corrected chi connectivity index (χ0v) is 13.8. The SMILES string of the molecule is C=CCn1c(CNC(=O)c2ccc(OC)c(OC)c2)n[nH]c1=S. The van der Waals surface area contributed by atoms with Gasteiger partial charge in [0.1, 0.15) is 0 Å². The number of H-pyrrole nitrogens is 1. The summed E-state index contributed by atoms with van der Waals surface area (Å²) >= 11 is 5.13. The van der Waals surface area contributed by atoms with Gasteiger partial charge in [-0.05, 0) is 30.4 Å². The number of ether oxygens (including phenoxy) is 2. The number of benzene rings is 1. The lowest BCUT2D eigenvalue weighted by atomic mass is 10.2. The summed E-state index contributed by atoms with van der Waals surface area (Å²) in [6.45, 7) is 4.44. The minimum Gasteiger partial charge on any atom is -0.493 e. The Bertz CT molecular complexity index is 766. The van der Waals surface area contributed by atoms with Crippen LogP contribution in [-0.2, 0) is 13.1 Å². The van der Waals surface area contributed by atoms with E-state index >= 15 is 0 Å². The van der Waals surface area contributed by atoms with Crippen molar-refractivity contribution in [3.8, 4) is 11.5 Å². The first-order chi connectivity index (χ1) is 11.1. The molecular formula is C15H18N4O3S. The van der Waals surface area contributed by atoms with Crippen LogP contribution in [0, 0.1) is 4.77 Å². The van der Waals surface area contributed by atoms with Gasteiger partial charge in [-0.3, -0.25) is 14.5 Å². The predicted molar refractivity (Wildman–Crippen MR) is 88.3 cm³/mol. The van der Waals surface area contributed by atoms with E-state index in [1.54, 1.807) is 36.0 Å². The van der Waals surface area contributed by atoms with Gasteiger partial charge in [0.15, 0.2) is 22.1 Å². The average Bonchev–Trinajstić information content (AvgIpc) is 2.92. The average molecular weight is 334 g/mol. The van der Waals surface area contributed by atoms with E-state index in [0.29, 0.717) is 34.2 Å². The van der Waals surface area contributed by atoms with E-state index in [2.05, 4.69) is 22.1 Å². The third kappa shape index (κ3) is 3.78. The van der Waals surface area contributed by atoms with E-state index in [-0.39, 0.29) is 12.5 Å². The molecule has 0 aliphatic carbocycles. The highest BCUT2D eigenvalue weighted by Crippen LogP contribution is 2.27. The Morgan fingerprint density at radius 3 is 2.83 bits per heavy atom. The van der Waals surface area contributed by atoms with Crippen molar-refractivity contribution < 1.29 is 14.3 Å². The number of amides is 1. The Morgan fingerprint density at radius 1 is 1.43 bits per heavy atom. The summed E-state index contributed by atoms with van der Waals surface area (Å²) in [5, 5.41) is 9.60. The first kappa shape index (κ1) is 16.8. The van der Waals surface area contributed by atoms with Gasteiger partial charge in [-0.2, -0.15) is 5.10 Å². The summed E-state index contributed by atoms with van der Waals surface area (Å²) in [5.74, 6) is 1.44. The molecule has 0 saturated heterocycles. The third-order valence-electron chi connectivity index (χ3n) is 3.20. The maximum absolute atomic E-state index is 12.3. The number of aromatic amines is 1. The van der Waals surface area contributed by atoms with E-state index in [1.807, 2.05) is 0 Å². The van der Waals surface area contributed by atoms with Crippen LogP contribution in [0.15, 0.2) is 30.9 Å². The number of allylic oxidation sites excluding steroid dienone is 1. The molecule has 1 aromatic heterocycles. The first-order valence-electron chi connectivity index (χ1n) is 6.86. The molecule has 2 aromatic rings. The lowest BCUT2D eigenvalue weighted by Crippen LogP contribution is -2.24. The summed E-state index contributed by atoms with van der Waals surface area (Å²) in [5.41, 5.74) is 0.465. The molecule has 0 spiro atoms. The second kappa shape index (κ2) is 7.59. The van der Waals surface area contributed by atoms with Gasteiger partial charge in [-0.15, -0.1) is 6.58 Å². The molecule has 1 heterocycles. The molecule has 122 valence electrons. The summed E-state index contributed by atoms with van der Waals surface area (Å²) in [6, 6.07) is 4.97. The number of rotatable bonds is 7. The Morgan fingerprint density at radius 2 is 2.17 bits per heavy atom. The summed E-state index contributed by atoms with van der Waals surface area (Å²) in [4.78, 5) is 12.3. The fourth-order valence-electron chi connectivity index (χ4n) is 2.04. The topological polar surface area (TPSA) is 81.2 Å². The standard InChI is InChI=1S/C15H18N4O3S/c1-4-7-19-13(17-18-15(19)23)9-16-14(20)10-5-6-11(21-2)12(8-10)22-3/h4-6,8H,1,7,9H2,2-3H3,(H,16,20)(H,18,23). The van der Waals surface area contributed by atoms with E-state index in [0.717, 1.165) is 0 Å². The molecule has 0 aliphatic heterocycles. The van der Waals surface area contributed by atoms with Gasteiger partial charge in [-0.1, -0.05) is 6.08 Å². The van der Waals surface area contributed by atoms with Gasteiger partial charge in [0.2, 0.25) is 0 Å². The zero-order chi connectivity index (χ0) is 16.8. The lowest BCUT2D eigenvalue weighted by molar-refractivity contribution is 0.0949. The summed E-state index contributed by atoms with van der Waals surface area (Å²) in [7, 11) is 3.06. The Kier molecular flexibility index (Phi) is 5.53. The maximum Gasteiger partial charge on any atom is 0.251 e. The van der Waals surface area contributed by atoms with Gasteiger partial charge in [0, 0.05) is 12.1 Å². The van der Waals surface area contributed by atoms with Crippen LogP contribution in [-0.4, -0.2) is 34.9 Å². The van der Waals surface area contributed by atoms with Crippen LogP contribution >= 0.6 is 12.2 Å². The quantitative estimate of drug-likeness (QED) is 0.598. The largest absolute Gasteiger partial charge is 0.493 e. The fraction of sp³-hybridized carbons (Fsp3) is 0.267. The van der Waals surface area contributed by atoms with Crippen LogP contribution < -0.4 is 14.8 Å². The molecule has 1 amide bonds. The Balaban J connectivity index is 2.11. The smallest absolute Gasteiger partial charge is 0.251 e. The van der Waals surface area contributed by atoms with Crippen molar-refractivity contribution in [3.63, 3.8) is 0 Å². The molecule has 2 rings (SSSR count). The number of methoxy groups -OCH3 is 2. The Hall–Kier alpha value is -2.61. The van der Waals surface area contributed by atoms with Crippen molar-refractivity contribution >= 4 is 18.1 Å². The van der Waals surface area contributed by atoms with Crippen molar-refractivity contribution in [1.82, 2.24) is 20.1 Å². The number of nitrogens with one attached hydrogen (secondary N) is 2. The van der Waals surface area contributed by atoms with Crippen LogP contribution in [0.25, 0.3) is 0 Å². The van der Waals surface area contributed by atoms with Crippen LogP contribution in [0.5, 0.6) is 11.5 Å². The predicted octanol–water partition coefficient (Wildman–Crippen LogP) is 2.07. The van der Waals surface area contributed by atoms with Crippen LogP contribution in [0.2, 0.25) is 0 Å². The third-order valence-corrected chi connectivity index (χ3v) is 3.51. The molecular weight excluding hydrogens is 316 g/mol. The maximum atomic E-state index is 12.3. The van der Waals surface area contributed by atoms with Gasteiger partial charge in [0.05, 0.1) is 20.8 Å². The second-order valence-corrected chi connectivity index (χ2v) is 4.98. The molecule has 23 heavy (non-hydrogen) atoms. The lowest BCUT2D eigenvalue weighted by Gasteiger charge is -2.10. The first-order valence-corrected chi connectivity index (χ1v) is 7.26. The summed E-state index contributed by atoms with van der Waals surface area (Å²) < 4.78 is 12.6. The molecule has 0 radical (unpaired) electrons. The molecule has 0 saturated carbocycles. The summed E-state index contributed by atoms with van der Waals surface area (Å²) in [6.07, 6.45) is 1.71. The highest BCUT2D eigenvalue weighted by atomic mass is 32.1. The van der Waals surface area contributed by atoms with Crippen molar-refractivity contribution in [2.75, 3.05) is 14.2 Å². The fourth-order valence-corrected chi connectivity index (χ4v) is 2.27. The number of hydrogen-bond donors (Lipinski definition) is 2. The molecule has 0 bridgehead atoms. The van der Waals surface area contributed by atoms with Gasteiger partial charge in [-0.25, -0.2) is 0 Å². The number of nitrogens with zero attached hydrogens (tertiary/aromatic N) is 2. The van der Waals surface area contributed by atoms with E-state index in [4.69, 9.17) is 21.7 Å².